The quantitative estimate of drug-likeness (QED) is 0.165. The predicted octanol–water partition coefficient (Wildman–Crippen LogP) is 9.32. The Balaban J connectivity index is 1.80. The van der Waals surface area contributed by atoms with Crippen molar-refractivity contribution in [3.05, 3.63) is 66.4 Å². The highest BCUT2D eigenvalue weighted by molar-refractivity contribution is 9.11. The molecule has 30 heavy (non-hydrogen) atoms. The second-order valence-electron chi connectivity index (χ2n) is 7.50. The highest BCUT2D eigenvalue weighted by atomic mass is 79.9. The minimum absolute atomic E-state index is 0.960. The van der Waals surface area contributed by atoms with Gasteiger partial charge in [-0.3, -0.25) is 0 Å². The monoisotopic (exact) mass is 640 g/mol. The van der Waals surface area contributed by atoms with Crippen LogP contribution in [0.2, 0.25) is 0 Å². The molecule has 0 bridgehead atoms. The molecular formula is C24H8Br4N2. The zero-order chi connectivity index (χ0) is 20.3. The van der Waals surface area contributed by atoms with Gasteiger partial charge in [-0.05, 0) is 24.3 Å². The first-order valence-corrected chi connectivity index (χ1v) is 12.5. The summed E-state index contributed by atoms with van der Waals surface area (Å²) in [5, 5.41) is 9.30. The summed E-state index contributed by atoms with van der Waals surface area (Å²) in [5.41, 5.74) is 3.84. The van der Waals surface area contributed by atoms with Crippen LogP contribution in [0.15, 0.2) is 66.4 Å². The van der Waals surface area contributed by atoms with Gasteiger partial charge in [-0.15, -0.1) is 0 Å². The molecule has 0 N–H and O–H groups in total. The Morgan fingerprint density at radius 3 is 0.900 bits per heavy atom. The molecule has 0 saturated carbocycles. The normalized spacial score (nSPS) is 12.7. The zero-order valence-electron chi connectivity index (χ0n) is 15.0. The number of hydrogen-bond donors (Lipinski definition) is 0. The second kappa shape index (κ2) is 6.00. The molecule has 1 heterocycles. The third kappa shape index (κ3) is 2.08. The van der Waals surface area contributed by atoms with Gasteiger partial charge in [-0.1, -0.05) is 88.0 Å². The maximum atomic E-state index is 5.21. The van der Waals surface area contributed by atoms with Gasteiger partial charge in [0.2, 0.25) is 0 Å². The number of aromatic nitrogens is 2. The SMILES string of the molecule is Brc1ccc2c3nc4c5ccc(Br)c6c(Br)ccc(c4nc3c3ccc(Br)c1c23)c65. The Kier molecular flexibility index (Phi) is 3.61. The van der Waals surface area contributed by atoms with Gasteiger partial charge >= 0.3 is 0 Å². The minimum Gasteiger partial charge on any atom is -0.243 e. The molecule has 0 amide bonds. The molecule has 7 rings (SSSR count). The molecule has 0 aliphatic heterocycles. The molecule has 0 aliphatic carbocycles. The molecule has 0 saturated heterocycles. The summed E-state index contributed by atoms with van der Waals surface area (Å²) in [6, 6.07) is 17.0. The van der Waals surface area contributed by atoms with Gasteiger partial charge in [0.15, 0.2) is 0 Å². The largest absolute Gasteiger partial charge is 0.243 e. The van der Waals surface area contributed by atoms with E-state index in [1.54, 1.807) is 0 Å². The first-order valence-electron chi connectivity index (χ1n) is 9.29. The van der Waals surface area contributed by atoms with Crippen LogP contribution in [-0.4, -0.2) is 9.97 Å². The van der Waals surface area contributed by atoms with Crippen LogP contribution in [0.5, 0.6) is 0 Å². The lowest BCUT2D eigenvalue weighted by Crippen LogP contribution is -1.81. The fourth-order valence-electron chi connectivity index (χ4n) is 4.80. The highest BCUT2D eigenvalue weighted by Crippen LogP contribution is 2.46. The molecule has 142 valence electrons. The van der Waals surface area contributed by atoms with Gasteiger partial charge in [0, 0.05) is 61.0 Å². The molecule has 6 heteroatoms. The number of nitrogens with zero attached hydrogens (tertiary/aromatic N) is 2. The van der Waals surface area contributed by atoms with E-state index in [-0.39, 0.29) is 0 Å². The van der Waals surface area contributed by atoms with Gasteiger partial charge in [-0.25, -0.2) is 9.97 Å². The van der Waals surface area contributed by atoms with Crippen LogP contribution in [0.1, 0.15) is 0 Å². The van der Waals surface area contributed by atoms with Crippen molar-refractivity contribution in [3.63, 3.8) is 0 Å². The predicted molar refractivity (Wildman–Crippen MR) is 140 cm³/mol. The van der Waals surface area contributed by atoms with E-state index in [9.17, 15) is 0 Å². The number of fused-ring (bicyclic) bond motifs is 6. The molecule has 0 aliphatic rings. The molecular weight excluding hydrogens is 636 g/mol. The Bertz CT molecular complexity index is 1580. The number of rotatable bonds is 0. The lowest BCUT2D eigenvalue weighted by molar-refractivity contribution is 1.46. The van der Waals surface area contributed by atoms with Crippen LogP contribution in [0.3, 0.4) is 0 Å². The van der Waals surface area contributed by atoms with Crippen LogP contribution >= 0.6 is 63.7 Å². The molecule has 0 spiro atoms. The number of halogens is 4. The van der Waals surface area contributed by atoms with Gasteiger partial charge in [0.05, 0.1) is 22.1 Å². The standard InChI is InChI=1S/C24H8Br4N2/c25-13-5-1-9-17-10(2-6-14(26)19(13)17)22-21(9)29-23-11-3-7-15(27)20-16(28)8-4-12(18(11)20)24(23)30-22/h1-8H. The van der Waals surface area contributed by atoms with E-state index in [0.717, 1.165) is 61.5 Å². The van der Waals surface area contributed by atoms with Crippen LogP contribution in [0.4, 0.5) is 0 Å². The maximum absolute atomic E-state index is 5.21. The minimum atomic E-state index is 0.960. The van der Waals surface area contributed by atoms with Crippen molar-refractivity contribution in [2.75, 3.05) is 0 Å². The third-order valence-corrected chi connectivity index (χ3v) is 8.68. The summed E-state index contributed by atoms with van der Waals surface area (Å²) in [7, 11) is 0. The molecule has 1 aromatic heterocycles. The fraction of sp³-hybridized carbons (Fsp3) is 0. The fourth-order valence-corrected chi connectivity index (χ4v) is 7.51. The molecule has 7 aromatic rings. The van der Waals surface area contributed by atoms with Gasteiger partial charge in [-0.2, -0.15) is 0 Å². The average molecular weight is 644 g/mol. The van der Waals surface area contributed by atoms with Gasteiger partial charge < -0.3 is 0 Å². The molecule has 2 nitrogen and oxygen atoms in total. The smallest absolute Gasteiger partial charge is 0.0980 e. The van der Waals surface area contributed by atoms with E-state index in [1.807, 2.05) is 0 Å². The van der Waals surface area contributed by atoms with E-state index < -0.39 is 0 Å². The summed E-state index contributed by atoms with van der Waals surface area (Å²) < 4.78 is 4.28. The number of benzene rings is 4. The summed E-state index contributed by atoms with van der Waals surface area (Å²) in [6.07, 6.45) is 0. The van der Waals surface area contributed by atoms with Gasteiger partial charge in [0.25, 0.3) is 0 Å². The summed E-state index contributed by atoms with van der Waals surface area (Å²) >= 11 is 14.9. The van der Waals surface area contributed by atoms with E-state index >= 15 is 0 Å². The summed E-state index contributed by atoms with van der Waals surface area (Å²) in [6.45, 7) is 0. The Labute approximate surface area is 203 Å². The van der Waals surface area contributed by atoms with Crippen LogP contribution < -0.4 is 0 Å². The Morgan fingerprint density at radius 2 is 0.633 bits per heavy atom. The number of hydrogen-bond acceptors (Lipinski definition) is 2. The van der Waals surface area contributed by atoms with Crippen molar-refractivity contribution in [2.24, 2.45) is 0 Å². The molecule has 0 atom stereocenters. The zero-order valence-corrected chi connectivity index (χ0v) is 21.4. The Morgan fingerprint density at radius 1 is 0.367 bits per heavy atom. The van der Waals surface area contributed by atoms with Crippen LogP contribution in [-0.2, 0) is 0 Å². The summed E-state index contributed by atoms with van der Waals surface area (Å²) in [5.74, 6) is 0. The van der Waals surface area contributed by atoms with Crippen molar-refractivity contribution < 1.29 is 0 Å². The van der Waals surface area contributed by atoms with Crippen molar-refractivity contribution in [3.8, 4) is 0 Å². The first kappa shape index (κ1) is 18.0. The van der Waals surface area contributed by atoms with Crippen molar-refractivity contribution in [1.82, 2.24) is 9.97 Å². The van der Waals surface area contributed by atoms with E-state index in [4.69, 9.17) is 9.97 Å². The molecule has 0 fully saturated rings. The third-order valence-electron chi connectivity index (χ3n) is 6.03. The van der Waals surface area contributed by atoms with Gasteiger partial charge in [0.1, 0.15) is 0 Å². The average Bonchev–Trinajstić information content (AvgIpc) is 3.21. The van der Waals surface area contributed by atoms with Crippen molar-refractivity contribution in [2.45, 2.75) is 0 Å². The van der Waals surface area contributed by atoms with Crippen molar-refractivity contribution in [1.29, 1.82) is 0 Å². The van der Waals surface area contributed by atoms with E-state index in [2.05, 4.69) is 112 Å². The Hall–Kier alpha value is -1.60. The highest BCUT2D eigenvalue weighted by Gasteiger charge is 2.22. The van der Waals surface area contributed by atoms with E-state index in [0.29, 0.717) is 0 Å². The van der Waals surface area contributed by atoms with Crippen LogP contribution in [0.25, 0.3) is 65.2 Å². The molecule has 0 radical (unpaired) electrons. The lowest BCUT2D eigenvalue weighted by atomic mass is 10.1. The molecule has 6 aromatic carbocycles. The maximum Gasteiger partial charge on any atom is 0.0980 e. The first-order chi connectivity index (χ1) is 14.5. The van der Waals surface area contributed by atoms with Crippen LogP contribution in [0, 0.1) is 0 Å². The lowest BCUT2D eigenvalue weighted by Gasteiger charge is -2.04. The topological polar surface area (TPSA) is 25.8 Å². The summed E-state index contributed by atoms with van der Waals surface area (Å²) in [4.78, 5) is 10.4. The van der Waals surface area contributed by atoms with E-state index in [1.165, 1.54) is 21.5 Å². The van der Waals surface area contributed by atoms with Crippen molar-refractivity contribution >= 4 is 129 Å². The second-order valence-corrected chi connectivity index (χ2v) is 10.9. The molecule has 0 unspecified atom stereocenters.